The topological polar surface area (TPSA) is 121 Å². The number of nitrogens with one attached hydrogen (secondary N) is 1. The maximum Gasteiger partial charge on any atom is 0.362 e. The van der Waals surface area contributed by atoms with E-state index in [0.29, 0.717) is 31.3 Å². The molecule has 1 aromatic heterocycles. The third kappa shape index (κ3) is 6.04. The number of nitrogens with zero attached hydrogens (tertiary/aromatic N) is 4. The molecule has 3 heterocycles. The van der Waals surface area contributed by atoms with Crippen LogP contribution in [0.15, 0.2) is 44.9 Å². The smallest absolute Gasteiger partial charge is 0.362 e. The normalized spacial score (nSPS) is 16.6. The molecular formula is C29H23Cl3F3N5O4S. The van der Waals surface area contributed by atoms with Crippen molar-refractivity contribution in [3.05, 3.63) is 78.9 Å². The lowest BCUT2D eigenvalue weighted by atomic mass is 9.99. The number of aromatic nitrogens is 1. The number of aromatic amines is 1. The van der Waals surface area contributed by atoms with Crippen LogP contribution in [0.3, 0.4) is 0 Å². The summed E-state index contributed by atoms with van der Waals surface area (Å²) in [6.45, 7) is 2.57. The number of nitriles is 1. The van der Waals surface area contributed by atoms with Gasteiger partial charge in [0, 0.05) is 41.5 Å². The lowest BCUT2D eigenvalue weighted by Crippen LogP contribution is -2.49. The highest BCUT2D eigenvalue weighted by atomic mass is 35.5. The molecule has 16 heteroatoms. The molecule has 45 heavy (non-hydrogen) atoms. The summed E-state index contributed by atoms with van der Waals surface area (Å²) >= 11 is 18.4. The Labute approximate surface area is 274 Å². The summed E-state index contributed by atoms with van der Waals surface area (Å²) in [5, 5.41) is 16.7. The fourth-order valence-corrected chi connectivity index (χ4v) is 7.20. The van der Waals surface area contributed by atoms with Crippen molar-refractivity contribution < 1.29 is 27.9 Å². The van der Waals surface area contributed by atoms with Gasteiger partial charge in [0.05, 0.1) is 34.3 Å². The van der Waals surface area contributed by atoms with Gasteiger partial charge in [0.15, 0.2) is 11.6 Å². The molecule has 5 rings (SSSR count). The van der Waals surface area contributed by atoms with Crippen molar-refractivity contribution in [3.8, 4) is 11.8 Å². The van der Waals surface area contributed by atoms with E-state index in [1.165, 1.54) is 28.0 Å². The van der Waals surface area contributed by atoms with Gasteiger partial charge in [-0.1, -0.05) is 41.0 Å². The fraction of sp³-hybridized carbons (Fsp3) is 0.310. The van der Waals surface area contributed by atoms with Gasteiger partial charge in [-0.3, -0.25) is 14.5 Å². The van der Waals surface area contributed by atoms with Gasteiger partial charge in [-0.15, -0.1) is 0 Å². The highest BCUT2D eigenvalue weighted by Crippen LogP contribution is 2.47. The molecule has 2 aliphatic rings. The Morgan fingerprint density at radius 3 is 2.53 bits per heavy atom. The number of pyridine rings is 1. The van der Waals surface area contributed by atoms with E-state index >= 15 is 4.39 Å². The average molecular weight is 701 g/mol. The number of hydrogen-bond acceptors (Lipinski definition) is 6. The van der Waals surface area contributed by atoms with Crippen LogP contribution in [0.2, 0.25) is 10.0 Å². The van der Waals surface area contributed by atoms with Gasteiger partial charge in [-0.2, -0.15) is 14.0 Å². The predicted molar refractivity (Wildman–Crippen MR) is 163 cm³/mol. The van der Waals surface area contributed by atoms with Crippen LogP contribution in [-0.4, -0.2) is 51.5 Å². The first-order valence-electron chi connectivity index (χ1n) is 13.5. The summed E-state index contributed by atoms with van der Waals surface area (Å²) in [4.78, 5) is 46.0. The molecule has 2 aliphatic heterocycles. The third-order valence-electron chi connectivity index (χ3n) is 7.57. The Morgan fingerprint density at radius 2 is 1.91 bits per heavy atom. The minimum absolute atomic E-state index is 0.101. The van der Waals surface area contributed by atoms with Gasteiger partial charge >= 0.3 is 11.4 Å². The second kappa shape index (κ2) is 12.7. The van der Waals surface area contributed by atoms with Crippen LogP contribution in [0.1, 0.15) is 53.0 Å². The van der Waals surface area contributed by atoms with E-state index in [0.717, 1.165) is 11.0 Å². The Hall–Kier alpha value is -3.57. The first-order valence-corrected chi connectivity index (χ1v) is 15.5. The van der Waals surface area contributed by atoms with Gasteiger partial charge in [0.1, 0.15) is 11.3 Å². The van der Waals surface area contributed by atoms with Crippen molar-refractivity contribution >= 4 is 64.2 Å². The number of anilines is 1. The van der Waals surface area contributed by atoms with Gasteiger partial charge in [0.25, 0.3) is 11.5 Å². The fourth-order valence-electron chi connectivity index (χ4n) is 5.45. The zero-order chi connectivity index (χ0) is 32.8. The SMILES string of the molecule is CCN1CCCN(c2cc3c(c(F)c2O)C(CC#N)N(C(=O)c2c(Sc4c(Cl)cccc4Cl)cc(C(F)(F)Cl)[nH]c2=O)C3)C1=O. The summed E-state index contributed by atoms with van der Waals surface area (Å²) in [5.74, 6) is -2.97. The van der Waals surface area contributed by atoms with Gasteiger partial charge in [-0.05, 0) is 54.8 Å². The van der Waals surface area contributed by atoms with Crippen LogP contribution >= 0.6 is 46.6 Å². The van der Waals surface area contributed by atoms with Crippen LogP contribution in [0.4, 0.5) is 23.7 Å². The molecule has 0 bridgehead atoms. The molecule has 0 saturated carbocycles. The van der Waals surface area contributed by atoms with Crippen molar-refractivity contribution in [2.24, 2.45) is 0 Å². The number of phenolic OH excluding ortho intramolecular Hbond substituents is 1. The summed E-state index contributed by atoms with van der Waals surface area (Å²) in [5.41, 5.74) is -2.90. The Bertz CT molecular complexity index is 1790. The molecular weight excluding hydrogens is 678 g/mol. The molecule has 1 saturated heterocycles. The monoisotopic (exact) mass is 699 g/mol. The minimum atomic E-state index is -4.01. The molecule has 0 spiro atoms. The van der Waals surface area contributed by atoms with Crippen molar-refractivity contribution in [1.82, 2.24) is 14.8 Å². The van der Waals surface area contributed by atoms with E-state index in [4.69, 9.17) is 34.8 Å². The predicted octanol–water partition coefficient (Wildman–Crippen LogP) is 7.23. The zero-order valence-corrected chi connectivity index (χ0v) is 26.4. The van der Waals surface area contributed by atoms with Crippen molar-refractivity contribution in [2.75, 3.05) is 24.5 Å². The highest BCUT2D eigenvalue weighted by Gasteiger charge is 2.42. The third-order valence-corrected chi connectivity index (χ3v) is 9.81. The molecule has 1 unspecified atom stereocenters. The number of urea groups is 1. The standard InChI is InChI=1S/C29H23Cl3F3N5O4S/c1-2-38-9-4-10-39(28(38)44)18-11-14-13-40(17(7-8-36)21(14)23(33)24(18)41)27(43)22-19(12-20(29(32,34)35)37-26(22)42)45-25-15(30)5-3-6-16(25)31/h3,5-6,11-12,17,41H,2,4,7,9-10,13H2,1H3,(H,37,42). The molecule has 0 aliphatic carbocycles. The first-order chi connectivity index (χ1) is 21.3. The molecule has 9 nitrogen and oxygen atoms in total. The first kappa shape index (κ1) is 32.8. The number of carbonyl (C=O) groups is 2. The number of amides is 3. The van der Waals surface area contributed by atoms with Crippen LogP contribution < -0.4 is 10.5 Å². The van der Waals surface area contributed by atoms with E-state index < -0.39 is 58.2 Å². The summed E-state index contributed by atoms with van der Waals surface area (Å²) in [6, 6.07) is 6.88. The number of alkyl halides is 3. The molecule has 2 aromatic carbocycles. The van der Waals surface area contributed by atoms with Crippen molar-refractivity contribution in [1.29, 1.82) is 5.26 Å². The van der Waals surface area contributed by atoms with Crippen LogP contribution in [0.5, 0.6) is 5.75 Å². The van der Waals surface area contributed by atoms with Gasteiger partial charge in [-0.25, -0.2) is 9.18 Å². The molecule has 1 atom stereocenters. The second-order valence-electron chi connectivity index (χ2n) is 10.2. The molecule has 2 N–H and O–H groups in total. The number of fused-ring (bicyclic) bond motifs is 1. The van der Waals surface area contributed by atoms with Crippen molar-refractivity contribution in [3.63, 3.8) is 0 Å². The number of halogens is 6. The number of phenols is 1. The Morgan fingerprint density at radius 1 is 1.22 bits per heavy atom. The average Bonchev–Trinajstić information content (AvgIpc) is 3.34. The molecule has 1 fully saturated rings. The van der Waals surface area contributed by atoms with E-state index in [2.05, 4.69) is 0 Å². The Balaban J connectivity index is 1.61. The van der Waals surface area contributed by atoms with E-state index in [9.17, 15) is 33.5 Å². The zero-order valence-electron chi connectivity index (χ0n) is 23.3. The number of H-pyrrole nitrogens is 1. The second-order valence-corrected chi connectivity index (χ2v) is 12.6. The van der Waals surface area contributed by atoms with E-state index in [1.54, 1.807) is 13.0 Å². The summed E-state index contributed by atoms with van der Waals surface area (Å²) in [7, 11) is 0. The lowest BCUT2D eigenvalue weighted by molar-refractivity contribution is 0.0682. The highest BCUT2D eigenvalue weighted by molar-refractivity contribution is 7.99. The number of benzene rings is 2. The van der Waals surface area contributed by atoms with Gasteiger partial charge < -0.3 is 19.9 Å². The number of aromatic hydroxyl groups is 1. The number of hydrogen-bond donors (Lipinski definition) is 2. The molecule has 236 valence electrons. The Kier molecular flexibility index (Phi) is 9.24. The number of carbonyl (C=O) groups excluding carboxylic acids is 2. The number of rotatable bonds is 7. The minimum Gasteiger partial charge on any atom is -0.503 e. The molecule has 0 radical (unpaired) electrons. The maximum atomic E-state index is 15.9. The van der Waals surface area contributed by atoms with Crippen LogP contribution in [-0.2, 0) is 11.9 Å². The van der Waals surface area contributed by atoms with E-state index in [-0.39, 0.29) is 49.7 Å². The summed E-state index contributed by atoms with van der Waals surface area (Å²) in [6.07, 6.45) is 0.130. The van der Waals surface area contributed by atoms with Crippen molar-refractivity contribution in [2.45, 2.75) is 47.5 Å². The quantitative estimate of drug-likeness (QED) is 0.251. The molecule has 3 aromatic rings. The van der Waals surface area contributed by atoms with Crippen LogP contribution in [0.25, 0.3) is 0 Å². The summed E-state index contributed by atoms with van der Waals surface area (Å²) < 4.78 is 44.2. The van der Waals surface area contributed by atoms with Gasteiger partial charge in [0.2, 0.25) is 0 Å². The molecule has 3 amide bonds. The van der Waals surface area contributed by atoms with Crippen LogP contribution in [0, 0.1) is 17.1 Å². The lowest BCUT2D eigenvalue weighted by Gasteiger charge is -2.35. The largest absolute Gasteiger partial charge is 0.503 e. The van der Waals surface area contributed by atoms with E-state index in [1.807, 2.05) is 11.1 Å². The maximum absolute atomic E-state index is 15.9.